The Morgan fingerprint density at radius 3 is 2.58 bits per heavy atom. The fourth-order valence-corrected chi connectivity index (χ4v) is 4.17. The molecule has 1 aliphatic rings. The molecule has 0 aliphatic carbocycles. The van der Waals surface area contributed by atoms with Gasteiger partial charge in [0.1, 0.15) is 0 Å². The molecule has 0 N–H and O–H groups in total. The maximum Gasteiger partial charge on any atom is 0.175 e. The molecule has 4 nitrogen and oxygen atoms in total. The maximum absolute atomic E-state index is 5.75. The lowest BCUT2D eigenvalue weighted by Crippen LogP contribution is -1.97. The number of ether oxygens (including phenoxy) is 4. The third kappa shape index (κ3) is 3.75. The number of thioether (sulfide) groups is 1. The van der Waals surface area contributed by atoms with E-state index in [9.17, 15) is 0 Å². The summed E-state index contributed by atoms with van der Waals surface area (Å²) in [5.74, 6) is 3.89. The van der Waals surface area contributed by atoms with Crippen molar-refractivity contribution in [1.82, 2.24) is 0 Å². The normalized spacial score (nSPS) is 13.3. The van der Waals surface area contributed by atoms with E-state index in [-0.39, 0.29) is 0 Å². The Labute approximate surface area is 154 Å². The lowest BCUT2D eigenvalue weighted by Gasteiger charge is -2.13. The second kappa shape index (κ2) is 8.03. The SMILES string of the molecule is COc1ccc(CSc2ccc3c(c2)OCCCO3)c(Br)c1OC. The van der Waals surface area contributed by atoms with Gasteiger partial charge >= 0.3 is 0 Å². The van der Waals surface area contributed by atoms with Gasteiger partial charge in [-0.2, -0.15) is 0 Å². The average molecular weight is 411 g/mol. The van der Waals surface area contributed by atoms with Crippen LogP contribution in [-0.2, 0) is 5.75 Å². The van der Waals surface area contributed by atoms with Crippen LogP contribution in [0, 0.1) is 0 Å². The van der Waals surface area contributed by atoms with Crippen molar-refractivity contribution in [2.24, 2.45) is 0 Å². The number of rotatable bonds is 5. The van der Waals surface area contributed by atoms with Gasteiger partial charge in [-0.3, -0.25) is 0 Å². The van der Waals surface area contributed by atoms with Gasteiger partial charge in [-0.1, -0.05) is 6.07 Å². The first kappa shape index (κ1) is 17.3. The lowest BCUT2D eigenvalue weighted by atomic mass is 10.2. The molecular weight excluding hydrogens is 392 g/mol. The summed E-state index contributed by atoms with van der Waals surface area (Å²) >= 11 is 5.35. The Kier molecular flexibility index (Phi) is 5.79. The summed E-state index contributed by atoms with van der Waals surface area (Å²) in [6.45, 7) is 1.40. The lowest BCUT2D eigenvalue weighted by molar-refractivity contribution is 0.297. The first-order valence-corrected chi connectivity index (χ1v) is 9.42. The van der Waals surface area contributed by atoms with Gasteiger partial charge in [-0.25, -0.2) is 0 Å². The zero-order valence-electron chi connectivity index (χ0n) is 13.6. The van der Waals surface area contributed by atoms with Crippen molar-refractivity contribution in [1.29, 1.82) is 0 Å². The molecule has 0 unspecified atom stereocenters. The number of fused-ring (bicyclic) bond motifs is 1. The van der Waals surface area contributed by atoms with Crippen molar-refractivity contribution in [3.63, 3.8) is 0 Å². The quantitative estimate of drug-likeness (QED) is 0.653. The molecule has 1 heterocycles. The third-order valence-corrected chi connectivity index (χ3v) is 5.59. The van der Waals surface area contributed by atoms with Crippen molar-refractivity contribution in [2.45, 2.75) is 17.1 Å². The standard InChI is InChI=1S/C18H19BrO4S/c1-20-15-6-4-12(17(19)18(15)21-2)11-24-13-5-7-14-16(10-13)23-9-3-8-22-14/h4-7,10H,3,8-9,11H2,1-2H3. The molecule has 0 bridgehead atoms. The van der Waals surface area contributed by atoms with Gasteiger partial charge in [0.2, 0.25) is 0 Å². The first-order chi connectivity index (χ1) is 11.7. The average Bonchev–Trinajstić information content (AvgIpc) is 2.85. The predicted octanol–water partition coefficient (Wildman–Crippen LogP) is 4.92. The summed E-state index contributed by atoms with van der Waals surface area (Å²) in [6, 6.07) is 10.1. The largest absolute Gasteiger partial charge is 0.493 e. The summed E-state index contributed by atoms with van der Waals surface area (Å²) < 4.78 is 23.1. The molecule has 1 aliphatic heterocycles. The van der Waals surface area contributed by atoms with Crippen LogP contribution in [0.1, 0.15) is 12.0 Å². The van der Waals surface area contributed by atoms with Crippen LogP contribution >= 0.6 is 27.7 Å². The van der Waals surface area contributed by atoms with Crippen LogP contribution in [0.4, 0.5) is 0 Å². The van der Waals surface area contributed by atoms with Crippen LogP contribution in [0.3, 0.4) is 0 Å². The second-order valence-corrected chi connectivity index (χ2v) is 7.06. The monoisotopic (exact) mass is 410 g/mol. The summed E-state index contributed by atoms with van der Waals surface area (Å²) in [4.78, 5) is 1.14. The third-order valence-electron chi connectivity index (χ3n) is 3.68. The fraction of sp³-hybridized carbons (Fsp3) is 0.333. The second-order valence-electron chi connectivity index (χ2n) is 5.22. The van der Waals surface area contributed by atoms with E-state index in [0.29, 0.717) is 24.7 Å². The number of methoxy groups -OCH3 is 2. The van der Waals surface area contributed by atoms with E-state index in [0.717, 1.165) is 38.6 Å². The Morgan fingerprint density at radius 1 is 1.04 bits per heavy atom. The number of hydrogen-bond donors (Lipinski definition) is 0. The molecule has 128 valence electrons. The minimum absolute atomic E-state index is 0.697. The smallest absolute Gasteiger partial charge is 0.175 e. The Balaban J connectivity index is 1.75. The van der Waals surface area contributed by atoms with Crippen LogP contribution < -0.4 is 18.9 Å². The summed E-state index contributed by atoms with van der Waals surface area (Å²) in [5, 5.41) is 0. The van der Waals surface area contributed by atoms with Gasteiger partial charge in [0.25, 0.3) is 0 Å². The number of benzene rings is 2. The molecule has 24 heavy (non-hydrogen) atoms. The molecule has 0 fully saturated rings. The van der Waals surface area contributed by atoms with Crippen LogP contribution in [0.25, 0.3) is 0 Å². The van der Waals surface area contributed by atoms with Crippen LogP contribution in [-0.4, -0.2) is 27.4 Å². The summed E-state index contributed by atoms with van der Waals surface area (Å²) in [6.07, 6.45) is 0.912. The Hall–Kier alpha value is -1.53. The van der Waals surface area contributed by atoms with Crippen LogP contribution in [0.15, 0.2) is 39.7 Å². The van der Waals surface area contributed by atoms with E-state index < -0.39 is 0 Å². The van der Waals surface area contributed by atoms with Crippen molar-refractivity contribution >= 4 is 27.7 Å². The maximum atomic E-state index is 5.75. The molecule has 2 aromatic carbocycles. The van der Waals surface area contributed by atoms with Crippen LogP contribution in [0.2, 0.25) is 0 Å². The van der Waals surface area contributed by atoms with Gasteiger partial charge in [0.05, 0.1) is 31.9 Å². The van der Waals surface area contributed by atoms with E-state index in [4.69, 9.17) is 18.9 Å². The van der Waals surface area contributed by atoms with E-state index in [2.05, 4.69) is 22.0 Å². The van der Waals surface area contributed by atoms with Gasteiger partial charge in [-0.05, 0) is 45.8 Å². The number of hydrogen-bond acceptors (Lipinski definition) is 5. The molecule has 0 amide bonds. The minimum atomic E-state index is 0.697. The first-order valence-electron chi connectivity index (χ1n) is 7.64. The van der Waals surface area contributed by atoms with Crippen molar-refractivity contribution in [3.05, 3.63) is 40.4 Å². The highest BCUT2D eigenvalue weighted by Crippen LogP contribution is 2.40. The Bertz CT molecular complexity index is 720. The van der Waals surface area contributed by atoms with Gasteiger partial charge in [0.15, 0.2) is 23.0 Å². The summed E-state index contributed by atoms with van der Waals surface area (Å²) in [5.41, 5.74) is 1.14. The Morgan fingerprint density at radius 2 is 1.83 bits per heavy atom. The highest BCUT2D eigenvalue weighted by atomic mass is 79.9. The molecule has 0 spiro atoms. The molecule has 0 saturated carbocycles. The molecule has 0 aromatic heterocycles. The zero-order valence-corrected chi connectivity index (χ0v) is 16.0. The summed E-state index contributed by atoms with van der Waals surface area (Å²) in [7, 11) is 3.28. The topological polar surface area (TPSA) is 36.9 Å². The van der Waals surface area contributed by atoms with Crippen molar-refractivity contribution in [2.75, 3.05) is 27.4 Å². The molecule has 0 saturated heterocycles. The fourth-order valence-electron chi connectivity index (χ4n) is 2.44. The van der Waals surface area contributed by atoms with Crippen molar-refractivity contribution in [3.8, 4) is 23.0 Å². The highest BCUT2D eigenvalue weighted by Gasteiger charge is 2.14. The predicted molar refractivity (Wildman–Crippen MR) is 98.9 cm³/mol. The van der Waals surface area contributed by atoms with Gasteiger partial charge in [-0.15, -0.1) is 11.8 Å². The van der Waals surface area contributed by atoms with E-state index >= 15 is 0 Å². The molecule has 0 atom stereocenters. The molecular formula is C18H19BrO4S. The molecule has 2 aromatic rings. The van der Waals surface area contributed by atoms with Gasteiger partial charge < -0.3 is 18.9 Å². The minimum Gasteiger partial charge on any atom is -0.493 e. The molecule has 0 radical (unpaired) electrons. The number of halogens is 1. The van der Waals surface area contributed by atoms with E-state index in [1.165, 1.54) is 0 Å². The zero-order chi connectivity index (χ0) is 16.9. The molecule has 6 heteroatoms. The van der Waals surface area contributed by atoms with E-state index in [1.54, 1.807) is 26.0 Å². The highest BCUT2D eigenvalue weighted by molar-refractivity contribution is 9.10. The van der Waals surface area contributed by atoms with Gasteiger partial charge in [0, 0.05) is 17.1 Å². The molecule has 3 rings (SSSR count). The van der Waals surface area contributed by atoms with E-state index in [1.807, 2.05) is 24.3 Å². The van der Waals surface area contributed by atoms with Crippen LogP contribution in [0.5, 0.6) is 23.0 Å². The van der Waals surface area contributed by atoms with Crippen molar-refractivity contribution < 1.29 is 18.9 Å².